The Balaban J connectivity index is 1.72. The number of hydrogen-bond donors (Lipinski definition) is 2. The van der Waals surface area contributed by atoms with Crippen LogP contribution in [0.4, 0.5) is 5.82 Å². The fourth-order valence-electron chi connectivity index (χ4n) is 2.64. The molecule has 0 radical (unpaired) electrons. The van der Waals surface area contributed by atoms with Gasteiger partial charge in [-0.1, -0.05) is 37.3 Å². The zero-order valence-corrected chi connectivity index (χ0v) is 13.0. The molecule has 0 aliphatic carbocycles. The Labute approximate surface area is 130 Å². The van der Waals surface area contributed by atoms with Crippen LogP contribution in [0.1, 0.15) is 18.2 Å². The number of nitrogens with one attached hydrogen (secondary N) is 2. The van der Waals surface area contributed by atoms with Crippen LogP contribution in [-0.2, 0) is 11.3 Å². The smallest absolute Gasteiger partial charge is 0.228 e. The summed E-state index contributed by atoms with van der Waals surface area (Å²) in [5.41, 5.74) is 2.07. The summed E-state index contributed by atoms with van der Waals surface area (Å²) in [4.78, 5) is 12.4. The monoisotopic (exact) mass is 298 g/mol. The molecule has 0 spiro atoms. The van der Waals surface area contributed by atoms with E-state index in [0.29, 0.717) is 12.5 Å². The summed E-state index contributed by atoms with van der Waals surface area (Å²) in [5, 5.41) is 10.7. The molecule has 116 valence electrons. The highest BCUT2D eigenvalue weighted by Crippen LogP contribution is 2.19. The zero-order chi connectivity index (χ0) is 15.5. The largest absolute Gasteiger partial charge is 0.316 e. The third-order valence-electron chi connectivity index (χ3n) is 4.26. The number of rotatable bonds is 5. The van der Waals surface area contributed by atoms with E-state index < -0.39 is 0 Å². The maximum atomic E-state index is 12.4. The van der Waals surface area contributed by atoms with E-state index in [1.165, 1.54) is 0 Å². The fraction of sp³-hybridized carbons (Fsp3) is 0.412. The molecule has 1 aliphatic heterocycles. The number of anilines is 1. The van der Waals surface area contributed by atoms with Crippen LogP contribution in [0.25, 0.3) is 0 Å². The van der Waals surface area contributed by atoms with E-state index in [4.69, 9.17) is 0 Å². The highest BCUT2D eigenvalue weighted by Gasteiger charge is 2.29. The molecule has 2 N–H and O–H groups in total. The molecule has 1 atom stereocenters. The Morgan fingerprint density at radius 2 is 2.14 bits per heavy atom. The molecule has 22 heavy (non-hydrogen) atoms. The summed E-state index contributed by atoms with van der Waals surface area (Å²) in [6.45, 7) is 6.44. The van der Waals surface area contributed by atoms with Gasteiger partial charge in [-0.3, -0.25) is 4.79 Å². The number of hydrogen-bond acceptors (Lipinski definition) is 3. The van der Waals surface area contributed by atoms with Crippen molar-refractivity contribution < 1.29 is 4.79 Å². The van der Waals surface area contributed by atoms with Gasteiger partial charge in [0.1, 0.15) is 5.82 Å². The summed E-state index contributed by atoms with van der Waals surface area (Å²) in [6, 6.07) is 12.1. The van der Waals surface area contributed by atoms with Crippen molar-refractivity contribution in [2.75, 3.05) is 18.4 Å². The van der Waals surface area contributed by atoms with E-state index >= 15 is 0 Å². The lowest BCUT2D eigenvalue weighted by Gasteiger charge is -2.31. The number of benzene rings is 1. The van der Waals surface area contributed by atoms with Crippen molar-refractivity contribution in [1.82, 2.24) is 15.1 Å². The summed E-state index contributed by atoms with van der Waals surface area (Å²) in [6.07, 6.45) is 0. The summed E-state index contributed by atoms with van der Waals surface area (Å²) in [7, 11) is 0. The van der Waals surface area contributed by atoms with E-state index in [0.717, 1.165) is 30.2 Å². The van der Waals surface area contributed by atoms with Gasteiger partial charge in [-0.05, 0) is 31.5 Å². The van der Waals surface area contributed by atoms with Gasteiger partial charge in [-0.25, -0.2) is 4.68 Å². The SMILES string of the molecule is Cc1cc(NC(=O)C(C)C2CNC2)n(Cc2ccccc2)n1. The molecule has 1 aromatic heterocycles. The maximum absolute atomic E-state index is 12.4. The van der Waals surface area contributed by atoms with Crippen LogP contribution in [0, 0.1) is 18.8 Å². The van der Waals surface area contributed by atoms with Crippen molar-refractivity contribution in [3.63, 3.8) is 0 Å². The van der Waals surface area contributed by atoms with Crippen molar-refractivity contribution in [1.29, 1.82) is 0 Å². The molecule has 5 nitrogen and oxygen atoms in total. The fourth-order valence-corrected chi connectivity index (χ4v) is 2.64. The van der Waals surface area contributed by atoms with Gasteiger partial charge in [0.2, 0.25) is 5.91 Å². The lowest BCUT2D eigenvalue weighted by atomic mass is 9.88. The molecule has 0 bridgehead atoms. The molecule has 3 rings (SSSR count). The minimum atomic E-state index is 0.0154. The first-order chi connectivity index (χ1) is 10.6. The quantitative estimate of drug-likeness (QED) is 0.888. The predicted molar refractivity (Wildman–Crippen MR) is 86.7 cm³/mol. The van der Waals surface area contributed by atoms with Crippen LogP contribution in [0.3, 0.4) is 0 Å². The van der Waals surface area contributed by atoms with Gasteiger partial charge in [0.25, 0.3) is 0 Å². The number of amides is 1. The molecule has 1 fully saturated rings. The Morgan fingerprint density at radius 1 is 1.41 bits per heavy atom. The Kier molecular flexibility index (Phi) is 4.24. The lowest BCUT2D eigenvalue weighted by Crippen LogP contribution is -2.48. The first kappa shape index (κ1) is 14.8. The van der Waals surface area contributed by atoms with E-state index in [-0.39, 0.29) is 11.8 Å². The van der Waals surface area contributed by atoms with Crippen LogP contribution >= 0.6 is 0 Å². The maximum Gasteiger partial charge on any atom is 0.228 e. The van der Waals surface area contributed by atoms with E-state index in [2.05, 4.69) is 27.9 Å². The second-order valence-electron chi connectivity index (χ2n) is 6.01. The number of carbonyl (C=O) groups excluding carboxylic acids is 1. The van der Waals surface area contributed by atoms with Crippen LogP contribution in [-0.4, -0.2) is 28.8 Å². The molecule has 0 saturated carbocycles. The van der Waals surface area contributed by atoms with Crippen LogP contribution in [0.15, 0.2) is 36.4 Å². The molecule has 5 heteroatoms. The molecule has 2 aromatic rings. The van der Waals surface area contributed by atoms with Crippen LogP contribution in [0.2, 0.25) is 0 Å². The number of nitrogens with zero attached hydrogens (tertiary/aromatic N) is 2. The highest BCUT2D eigenvalue weighted by molar-refractivity contribution is 5.91. The molecule has 1 aliphatic rings. The number of aromatic nitrogens is 2. The molecule has 1 unspecified atom stereocenters. The Morgan fingerprint density at radius 3 is 2.77 bits per heavy atom. The Hall–Kier alpha value is -2.14. The van der Waals surface area contributed by atoms with Gasteiger partial charge in [-0.2, -0.15) is 5.10 Å². The summed E-state index contributed by atoms with van der Waals surface area (Å²) >= 11 is 0. The molecular formula is C17H22N4O. The van der Waals surface area contributed by atoms with Crippen molar-refractivity contribution in [3.8, 4) is 0 Å². The van der Waals surface area contributed by atoms with Gasteiger partial charge < -0.3 is 10.6 Å². The predicted octanol–water partition coefficient (Wildman–Crippen LogP) is 2.03. The Bertz CT molecular complexity index is 646. The van der Waals surface area contributed by atoms with Crippen molar-refractivity contribution >= 4 is 11.7 Å². The molecule has 2 heterocycles. The average Bonchev–Trinajstić information content (AvgIpc) is 2.77. The van der Waals surface area contributed by atoms with Crippen LogP contribution in [0.5, 0.6) is 0 Å². The van der Waals surface area contributed by atoms with Gasteiger partial charge >= 0.3 is 0 Å². The molecule has 1 aromatic carbocycles. The molecular weight excluding hydrogens is 276 g/mol. The van der Waals surface area contributed by atoms with Crippen molar-refractivity contribution in [2.24, 2.45) is 11.8 Å². The molecule has 1 amide bonds. The highest BCUT2D eigenvalue weighted by atomic mass is 16.2. The summed E-state index contributed by atoms with van der Waals surface area (Å²) in [5.74, 6) is 1.29. The zero-order valence-electron chi connectivity index (χ0n) is 13.0. The van der Waals surface area contributed by atoms with Gasteiger partial charge in [0.05, 0.1) is 12.2 Å². The third kappa shape index (κ3) is 3.20. The second-order valence-corrected chi connectivity index (χ2v) is 6.01. The second kappa shape index (κ2) is 6.32. The number of carbonyl (C=O) groups is 1. The third-order valence-corrected chi connectivity index (χ3v) is 4.26. The van der Waals surface area contributed by atoms with Crippen molar-refractivity contribution in [3.05, 3.63) is 47.7 Å². The van der Waals surface area contributed by atoms with Gasteiger partial charge in [-0.15, -0.1) is 0 Å². The first-order valence-electron chi connectivity index (χ1n) is 7.73. The number of aryl methyl sites for hydroxylation is 1. The van der Waals surface area contributed by atoms with E-state index in [1.54, 1.807) is 0 Å². The van der Waals surface area contributed by atoms with E-state index in [1.807, 2.05) is 42.8 Å². The first-order valence-corrected chi connectivity index (χ1v) is 7.73. The summed E-state index contributed by atoms with van der Waals surface area (Å²) < 4.78 is 1.86. The van der Waals surface area contributed by atoms with Gasteiger partial charge in [0.15, 0.2) is 0 Å². The topological polar surface area (TPSA) is 59.0 Å². The standard InChI is InChI=1S/C17H22N4O/c1-12-8-16(19-17(22)13(2)15-9-18-10-15)21(20-12)11-14-6-4-3-5-7-14/h3-8,13,15,18H,9-11H2,1-2H3,(H,19,22). The van der Waals surface area contributed by atoms with Crippen LogP contribution < -0.4 is 10.6 Å². The van der Waals surface area contributed by atoms with E-state index in [9.17, 15) is 4.79 Å². The van der Waals surface area contributed by atoms with Gasteiger partial charge in [0, 0.05) is 12.0 Å². The van der Waals surface area contributed by atoms with Crippen molar-refractivity contribution in [2.45, 2.75) is 20.4 Å². The molecule has 1 saturated heterocycles. The lowest BCUT2D eigenvalue weighted by molar-refractivity contribution is -0.121. The normalized spacial score (nSPS) is 16.1. The average molecular weight is 298 g/mol. The minimum Gasteiger partial charge on any atom is -0.316 e. The minimum absolute atomic E-state index is 0.0154.